The molecule has 0 heterocycles. The summed E-state index contributed by atoms with van der Waals surface area (Å²) >= 11 is 0. The minimum absolute atomic E-state index is 0.0199. The van der Waals surface area contributed by atoms with Crippen molar-refractivity contribution in [2.45, 2.75) is 33.6 Å². The second-order valence-corrected chi connectivity index (χ2v) is 5.49. The molecule has 0 bridgehead atoms. The van der Waals surface area contributed by atoms with E-state index < -0.39 is 5.97 Å². The molecule has 0 aromatic heterocycles. The number of carbonyl (C=O) groups is 1. The van der Waals surface area contributed by atoms with Gasteiger partial charge in [-0.25, -0.2) is 4.79 Å². The number of hydrogen-bond acceptors (Lipinski definition) is 3. The van der Waals surface area contributed by atoms with Crippen LogP contribution in [0.15, 0.2) is 47.6 Å². The largest absolute Gasteiger partial charge is 0.490 e. The van der Waals surface area contributed by atoms with E-state index in [1.807, 2.05) is 0 Å². The number of ether oxygens (including phenoxy) is 2. The molecule has 3 nitrogen and oxygen atoms in total. The van der Waals surface area contributed by atoms with Gasteiger partial charge in [0.15, 0.2) is 6.61 Å². The number of hydrogen-bond donors (Lipinski definition) is 0. The van der Waals surface area contributed by atoms with Crippen LogP contribution in [-0.4, -0.2) is 19.2 Å². The summed E-state index contributed by atoms with van der Waals surface area (Å²) in [5.41, 5.74) is 3.10. The molecule has 0 aliphatic heterocycles. The molecular weight excluding hydrogens is 288 g/mol. The number of allylic oxidation sites excluding steroid dienone is 3. The number of esters is 1. The molecule has 0 N–H and O–H groups in total. The van der Waals surface area contributed by atoms with Crippen LogP contribution in [0.5, 0.6) is 5.75 Å². The average Bonchev–Trinajstić information content (AvgIpc) is 2.53. The van der Waals surface area contributed by atoms with E-state index >= 15 is 0 Å². The molecule has 122 valence electrons. The van der Waals surface area contributed by atoms with Gasteiger partial charge in [-0.1, -0.05) is 23.1 Å². The highest BCUT2D eigenvalue weighted by molar-refractivity contribution is 5.89. The molecule has 1 rings (SSSR count). The fraction of sp³-hybridized carbons (Fsp3) is 0.350. The first-order chi connectivity index (χ1) is 11.0. The van der Waals surface area contributed by atoms with Crippen molar-refractivity contribution < 1.29 is 14.3 Å². The molecule has 0 radical (unpaired) electrons. The lowest BCUT2D eigenvalue weighted by atomic mass is 10.1. The molecule has 0 fully saturated rings. The lowest BCUT2D eigenvalue weighted by Crippen LogP contribution is -2.05. The first kappa shape index (κ1) is 18.6. The van der Waals surface area contributed by atoms with Gasteiger partial charge in [-0.2, -0.15) is 0 Å². The molecule has 1 aromatic carbocycles. The van der Waals surface area contributed by atoms with E-state index in [9.17, 15) is 4.79 Å². The Bertz CT molecular complexity index is 597. The third-order valence-corrected chi connectivity index (χ3v) is 3.15. The summed E-state index contributed by atoms with van der Waals surface area (Å²) in [5.74, 6) is 2.55. The van der Waals surface area contributed by atoms with E-state index in [1.165, 1.54) is 11.1 Å². The molecule has 0 amide bonds. The maximum atomic E-state index is 11.6. The SMILES string of the molecule is C#CCOC(=O)c1ccc(OCC=C(C)CCC=C(C)C)cc1. The summed E-state index contributed by atoms with van der Waals surface area (Å²) in [7, 11) is 0. The number of benzene rings is 1. The Labute approximate surface area is 139 Å². The molecule has 0 aliphatic rings. The molecule has 0 spiro atoms. The first-order valence-corrected chi connectivity index (χ1v) is 7.65. The Morgan fingerprint density at radius 1 is 1.17 bits per heavy atom. The van der Waals surface area contributed by atoms with E-state index in [0.717, 1.165) is 12.8 Å². The normalized spacial score (nSPS) is 10.6. The van der Waals surface area contributed by atoms with Gasteiger partial charge in [0.25, 0.3) is 0 Å². The van der Waals surface area contributed by atoms with Gasteiger partial charge in [0, 0.05) is 0 Å². The average molecular weight is 312 g/mol. The van der Waals surface area contributed by atoms with Crippen LogP contribution >= 0.6 is 0 Å². The van der Waals surface area contributed by atoms with Gasteiger partial charge in [-0.05, 0) is 64.0 Å². The van der Waals surface area contributed by atoms with Crippen molar-refractivity contribution in [3.05, 3.63) is 53.1 Å². The summed E-state index contributed by atoms with van der Waals surface area (Å²) in [5, 5.41) is 0. The van der Waals surface area contributed by atoms with E-state index in [1.54, 1.807) is 24.3 Å². The standard InChI is InChI=1S/C20H24O3/c1-5-14-23-20(21)18-9-11-19(12-10-18)22-15-13-17(4)8-6-7-16(2)3/h1,7,9-13H,6,8,14-15H2,2-4H3. The van der Waals surface area contributed by atoms with Crippen LogP contribution in [0.1, 0.15) is 44.0 Å². The topological polar surface area (TPSA) is 35.5 Å². The maximum Gasteiger partial charge on any atom is 0.339 e. The van der Waals surface area contributed by atoms with Crippen LogP contribution in [0.25, 0.3) is 0 Å². The Kier molecular flexibility index (Phi) is 8.31. The van der Waals surface area contributed by atoms with Crippen LogP contribution in [0, 0.1) is 12.3 Å². The monoisotopic (exact) mass is 312 g/mol. The quantitative estimate of drug-likeness (QED) is 0.401. The van der Waals surface area contributed by atoms with Crippen LogP contribution in [0.4, 0.5) is 0 Å². The molecule has 0 unspecified atom stereocenters. The zero-order valence-corrected chi connectivity index (χ0v) is 14.1. The van der Waals surface area contributed by atoms with Crippen molar-refractivity contribution in [3.8, 4) is 18.1 Å². The van der Waals surface area contributed by atoms with Gasteiger partial charge in [-0.15, -0.1) is 6.42 Å². The lowest BCUT2D eigenvalue weighted by Gasteiger charge is -2.06. The van der Waals surface area contributed by atoms with Gasteiger partial charge in [0.05, 0.1) is 5.56 Å². The van der Waals surface area contributed by atoms with Gasteiger partial charge in [0.1, 0.15) is 12.4 Å². The highest BCUT2D eigenvalue weighted by atomic mass is 16.5. The summed E-state index contributed by atoms with van der Waals surface area (Å²) < 4.78 is 10.5. The molecule has 1 aromatic rings. The highest BCUT2D eigenvalue weighted by Crippen LogP contribution is 2.14. The molecule has 0 saturated heterocycles. The van der Waals surface area contributed by atoms with Crippen molar-refractivity contribution >= 4 is 5.97 Å². The first-order valence-electron chi connectivity index (χ1n) is 7.65. The summed E-state index contributed by atoms with van der Waals surface area (Å²) in [6.45, 7) is 6.81. The van der Waals surface area contributed by atoms with E-state index in [0.29, 0.717) is 17.9 Å². The summed E-state index contributed by atoms with van der Waals surface area (Å²) in [6.07, 6.45) is 11.4. The zero-order valence-electron chi connectivity index (χ0n) is 14.1. The predicted octanol–water partition coefficient (Wildman–Crippen LogP) is 4.55. The van der Waals surface area contributed by atoms with E-state index in [-0.39, 0.29) is 6.61 Å². The highest BCUT2D eigenvalue weighted by Gasteiger charge is 2.06. The van der Waals surface area contributed by atoms with Crippen molar-refractivity contribution in [2.24, 2.45) is 0 Å². The summed E-state index contributed by atoms with van der Waals surface area (Å²) in [4.78, 5) is 11.6. The van der Waals surface area contributed by atoms with E-state index in [4.69, 9.17) is 15.9 Å². The fourth-order valence-electron chi connectivity index (χ4n) is 1.85. The number of carbonyl (C=O) groups excluding carboxylic acids is 1. The molecular formula is C20H24O3. The van der Waals surface area contributed by atoms with Crippen molar-refractivity contribution in [2.75, 3.05) is 13.2 Å². The number of terminal acetylenes is 1. The molecule has 0 atom stereocenters. The third-order valence-electron chi connectivity index (χ3n) is 3.15. The van der Waals surface area contributed by atoms with Gasteiger partial charge >= 0.3 is 5.97 Å². The number of rotatable bonds is 8. The molecule has 23 heavy (non-hydrogen) atoms. The second-order valence-electron chi connectivity index (χ2n) is 5.49. The van der Waals surface area contributed by atoms with Crippen LogP contribution in [-0.2, 0) is 4.74 Å². The van der Waals surface area contributed by atoms with Crippen molar-refractivity contribution in [1.29, 1.82) is 0 Å². The molecule has 0 aliphatic carbocycles. The lowest BCUT2D eigenvalue weighted by molar-refractivity contribution is 0.0556. The third kappa shape index (κ3) is 7.92. The smallest absolute Gasteiger partial charge is 0.339 e. The maximum absolute atomic E-state index is 11.6. The van der Waals surface area contributed by atoms with Gasteiger partial charge in [-0.3, -0.25) is 0 Å². The van der Waals surface area contributed by atoms with Crippen LogP contribution in [0.2, 0.25) is 0 Å². The Hall–Kier alpha value is -2.47. The van der Waals surface area contributed by atoms with Gasteiger partial charge < -0.3 is 9.47 Å². The van der Waals surface area contributed by atoms with Gasteiger partial charge in [0.2, 0.25) is 0 Å². The zero-order chi connectivity index (χ0) is 17.1. The fourth-order valence-corrected chi connectivity index (χ4v) is 1.85. The Balaban J connectivity index is 2.42. The molecule has 0 saturated carbocycles. The summed E-state index contributed by atoms with van der Waals surface area (Å²) in [6, 6.07) is 6.83. The van der Waals surface area contributed by atoms with E-state index in [2.05, 4.69) is 38.8 Å². The second kappa shape index (κ2) is 10.3. The minimum Gasteiger partial charge on any atom is -0.490 e. The Morgan fingerprint density at radius 3 is 2.48 bits per heavy atom. The minimum atomic E-state index is -0.426. The predicted molar refractivity (Wildman–Crippen MR) is 93.5 cm³/mol. The van der Waals surface area contributed by atoms with Crippen molar-refractivity contribution in [1.82, 2.24) is 0 Å². The van der Waals surface area contributed by atoms with Crippen LogP contribution < -0.4 is 4.74 Å². The molecule has 3 heteroatoms. The van der Waals surface area contributed by atoms with Crippen LogP contribution in [0.3, 0.4) is 0 Å². The van der Waals surface area contributed by atoms with Crippen molar-refractivity contribution in [3.63, 3.8) is 0 Å². The Morgan fingerprint density at radius 2 is 1.87 bits per heavy atom.